The van der Waals surface area contributed by atoms with Crippen LogP contribution in [0.25, 0.3) is 0 Å². The van der Waals surface area contributed by atoms with Crippen LogP contribution in [0.4, 0.5) is 0 Å². The molecule has 2 atom stereocenters. The minimum Gasteiger partial charge on any atom is -0.463 e. The van der Waals surface area contributed by atoms with Crippen LogP contribution >= 0.6 is 7.82 Å². The number of hydrogen-bond acceptors (Lipinski definition) is 7. The second-order valence-corrected chi connectivity index (χ2v) is 10.8. The van der Waals surface area contributed by atoms with Crippen LogP contribution in [0.5, 0.6) is 0 Å². The van der Waals surface area contributed by atoms with Gasteiger partial charge in [-0.15, -0.1) is 0 Å². The third kappa shape index (κ3) is 26.2. The van der Waals surface area contributed by atoms with Gasteiger partial charge < -0.3 is 20.1 Å². The monoisotopic (exact) mass is 549 g/mol. The van der Waals surface area contributed by atoms with E-state index in [0.717, 1.165) is 64.2 Å². The molecule has 0 fully saturated rings. The number of esters is 1. The number of aliphatic hydroxyl groups excluding tert-OH is 1. The Balaban J connectivity index is 3.69. The van der Waals surface area contributed by atoms with E-state index in [1.54, 1.807) is 0 Å². The highest BCUT2D eigenvalue weighted by Gasteiger charge is 2.23. The number of amides is 1. The zero-order chi connectivity index (χ0) is 27.6. The fraction of sp³-hybridized carbons (Fsp3) is 0.852. The predicted molar refractivity (Wildman–Crippen MR) is 146 cm³/mol. The lowest BCUT2D eigenvalue weighted by Crippen LogP contribution is -2.27. The average molecular weight is 550 g/mol. The van der Waals surface area contributed by atoms with Gasteiger partial charge in [0.2, 0.25) is 5.91 Å². The maximum absolute atomic E-state index is 11.9. The SMILES string of the molecule is CCCC/C=C\CCCCCCCC(=O)NCCOP(=O)(O)OCC(O)COC(=O)CCCCCCC. The number of hydrogen-bond donors (Lipinski definition) is 3. The largest absolute Gasteiger partial charge is 0.472 e. The molecule has 10 heteroatoms. The Morgan fingerprint density at radius 3 is 2.11 bits per heavy atom. The smallest absolute Gasteiger partial charge is 0.463 e. The summed E-state index contributed by atoms with van der Waals surface area (Å²) in [6, 6.07) is 0. The molecule has 0 aromatic carbocycles. The first-order valence-corrected chi connectivity index (χ1v) is 15.7. The van der Waals surface area contributed by atoms with Crippen molar-refractivity contribution < 1.29 is 37.9 Å². The molecule has 0 radical (unpaired) electrons. The second kappa shape index (κ2) is 25.1. The van der Waals surface area contributed by atoms with Crippen molar-refractivity contribution in [1.82, 2.24) is 5.32 Å². The van der Waals surface area contributed by atoms with Crippen molar-refractivity contribution in [2.75, 3.05) is 26.4 Å². The summed E-state index contributed by atoms with van der Waals surface area (Å²) in [5.41, 5.74) is 0. The molecule has 0 spiro atoms. The number of allylic oxidation sites excluding steroid dienone is 2. The molecule has 3 N–H and O–H groups in total. The van der Waals surface area contributed by atoms with E-state index >= 15 is 0 Å². The van der Waals surface area contributed by atoms with Crippen LogP contribution in [-0.2, 0) is 27.9 Å². The summed E-state index contributed by atoms with van der Waals surface area (Å²) in [7, 11) is -4.39. The van der Waals surface area contributed by atoms with Gasteiger partial charge in [-0.05, 0) is 32.1 Å². The van der Waals surface area contributed by atoms with Crippen LogP contribution in [0.2, 0.25) is 0 Å². The molecule has 0 aliphatic carbocycles. The minimum atomic E-state index is -4.39. The van der Waals surface area contributed by atoms with Crippen molar-refractivity contribution >= 4 is 19.7 Å². The number of aliphatic hydroxyl groups is 1. The van der Waals surface area contributed by atoms with Crippen LogP contribution in [0.1, 0.15) is 117 Å². The van der Waals surface area contributed by atoms with Gasteiger partial charge in [0.25, 0.3) is 0 Å². The normalized spacial score (nSPS) is 13.9. The summed E-state index contributed by atoms with van der Waals surface area (Å²) in [6.45, 7) is 3.36. The average Bonchev–Trinajstić information content (AvgIpc) is 2.87. The van der Waals surface area contributed by atoms with E-state index in [1.807, 2.05) is 0 Å². The number of carbonyl (C=O) groups is 2. The van der Waals surface area contributed by atoms with E-state index in [9.17, 15) is 24.2 Å². The molecule has 0 bridgehead atoms. The minimum absolute atomic E-state index is 0.0789. The summed E-state index contributed by atoms with van der Waals surface area (Å²) < 4.78 is 26.4. The first-order valence-electron chi connectivity index (χ1n) is 14.2. The quantitative estimate of drug-likeness (QED) is 0.0520. The third-order valence-corrected chi connectivity index (χ3v) is 6.68. The number of ether oxygens (including phenoxy) is 1. The summed E-state index contributed by atoms with van der Waals surface area (Å²) in [5, 5.41) is 12.4. The van der Waals surface area contributed by atoms with Crippen molar-refractivity contribution in [2.45, 2.75) is 123 Å². The van der Waals surface area contributed by atoms with Gasteiger partial charge in [-0.1, -0.05) is 83.8 Å². The summed E-state index contributed by atoms with van der Waals surface area (Å²) in [6.07, 6.45) is 19.0. The fourth-order valence-corrected chi connectivity index (χ4v) is 4.23. The van der Waals surface area contributed by atoms with E-state index in [1.165, 1.54) is 25.7 Å². The van der Waals surface area contributed by atoms with E-state index in [2.05, 4.69) is 31.3 Å². The number of phosphoric acid groups is 1. The Kier molecular flexibility index (Phi) is 24.2. The fourth-order valence-electron chi connectivity index (χ4n) is 3.48. The Morgan fingerprint density at radius 1 is 0.811 bits per heavy atom. The van der Waals surface area contributed by atoms with Gasteiger partial charge in [0.05, 0.1) is 13.2 Å². The van der Waals surface area contributed by atoms with Crippen molar-refractivity contribution in [2.24, 2.45) is 0 Å². The number of nitrogens with one attached hydrogen (secondary N) is 1. The maximum atomic E-state index is 11.9. The zero-order valence-corrected chi connectivity index (χ0v) is 24.1. The summed E-state index contributed by atoms with van der Waals surface area (Å²) in [5.74, 6) is -0.543. The lowest BCUT2D eigenvalue weighted by atomic mass is 10.1. The molecular formula is C27H52NO8P. The highest BCUT2D eigenvalue weighted by atomic mass is 31.2. The molecule has 218 valence electrons. The molecule has 37 heavy (non-hydrogen) atoms. The summed E-state index contributed by atoms with van der Waals surface area (Å²) >= 11 is 0. The Morgan fingerprint density at radius 2 is 1.41 bits per heavy atom. The van der Waals surface area contributed by atoms with Crippen LogP contribution in [0.15, 0.2) is 12.2 Å². The molecule has 0 heterocycles. The Bertz CT molecular complexity index is 644. The Labute approximate surface area is 224 Å². The zero-order valence-electron chi connectivity index (χ0n) is 23.2. The van der Waals surface area contributed by atoms with E-state index < -0.39 is 26.5 Å². The molecule has 0 aliphatic heterocycles. The lowest BCUT2D eigenvalue weighted by Gasteiger charge is -2.15. The van der Waals surface area contributed by atoms with Crippen molar-refractivity contribution in [3.63, 3.8) is 0 Å². The molecular weight excluding hydrogens is 497 g/mol. The number of unbranched alkanes of at least 4 members (excludes halogenated alkanes) is 11. The van der Waals surface area contributed by atoms with Crippen LogP contribution in [-0.4, -0.2) is 54.3 Å². The third-order valence-electron chi connectivity index (χ3n) is 5.70. The number of carbonyl (C=O) groups excluding carboxylic acids is 2. The van der Waals surface area contributed by atoms with E-state index in [0.29, 0.717) is 6.42 Å². The number of rotatable bonds is 26. The second-order valence-electron chi connectivity index (χ2n) is 9.37. The molecule has 1 amide bonds. The molecule has 2 unspecified atom stereocenters. The van der Waals surface area contributed by atoms with E-state index in [-0.39, 0.29) is 32.1 Å². The van der Waals surface area contributed by atoms with Gasteiger partial charge in [-0.2, -0.15) is 0 Å². The van der Waals surface area contributed by atoms with Crippen molar-refractivity contribution in [1.29, 1.82) is 0 Å². The van der Waals surface area contributed by atoms with Gasteiger partial charge in [-0.25, -0.2) is 4.57 Å². The Hall–Kier alpha value is -1.25. The topological polar surface area (TPSA) is 131 Å². The van der Waals surface area contributed by atoms with Crippen LogP contribution < -0.4 is 5.32 Å². The molecule has 9 nitrogen and oxygen atoms in total. The van der Waals surface area contributed by atoms with Gasteiger partial charge in [0.15, 0.2) is 0 Å². The first kappa shape index (κ1) is 35.8. The highest BCUT2D eigenvalue weighted by molar-refractivity contribution is 7.47. The van der Waals surface area contributed by atoms with E-state index in [4.69, 9.17) is 13.8 Å². The standard InChI is InChI=1S/C27H52NO8P/c1-3-5-7-9-10-11-12-13-14-16-17-19-26(30)28-21-22-35-37(32,33)36-24-25(29)23-34-27(31)20-18-15-8-6-4-2/h9-10,25,29H,3-8,11-24H2,1-2H3,(H,28,30)(H,32,33)/b10-9-. The maximum Gasteiger partial charge on any atom is 0.472 e. The molecule has 0 saturated heterocycles. The molecule has 0 aliphatic rings. The van der Waals surface area contributed by atoms with Gasteiger partial charge in [-0.3, -0.25) is 18.6 Å². The van der Waals surface area contributed by atoms with Crippen LogP contribution in [0, 0.1) is 0 Å². The first-order chi connectivity index (χ1) is 17.8. The van der Waals surface area contributed by atoms with Gasteiger partial charge in [0.1, 0.15) is 12.7 Å². The predicted octanol–water partition coefficient (Wildman–Crippen LogP) is 5.98. The number of phosphoric ester groups is 1. The lowest BCUT2D eigenvalue weighted by molar-refractivity contribution is -0.147. The van der Waals surface area contributed by atoms with Crippen LogP contribution in [0.3, 0.4) is 0 Å². The molecule has 0 rings (SSSR count). The van der Waals surface area contributed by atoms with Crippen molar-refractivity contribution in [3.8, 4) is 0 Å². The van der Waals surface area contributed by atoms with Gasteiger partial charge in [0, 0.05) is 19.4 Å². The van der Waals surface area contributed by atoms with Crippen molar-refractivity contribution in [3.05, 3.63) is 12.2 Å². The highest BCUT2D eigenvalue weighted by Crippen LogP contribution is 2.42. The summed E-state index contributed by atoms with van der Waals surface area (Å²) in [4.78, 5) is 33.2. The molecule has 0 aromatic heterocycles. The molecule has 0 aromatic rings. The van der Waals surface area contributed by atoms with Gasteiger partial charge >= 0.3 is 13.8 Å². The molecule has 0 saturated carbocycles.